The van der Waals surface area contributed by atoms with Gasteiger partial charge in [0.1, 0.15) is 0 Å². The maximum atomic E-state index is 3.54. The second-order valence-corrected chi connectivity index (χ2v) is 7.62. The second-order valence-electron chi connectivity index (χ2n) is 7.62. The van der Waals surface area contributed by atoms with E-state index in [1.54, 1.807) is 44.9 Å². The van der Waals surface area contributed by atoms with Crippen molar-refractivity contribution in [2.45, 2.75) is 71.1 Å². The molecule has 19 heavy (non-hydrogen) atoms. The standard InChI is InChI=1S/C17H31N.ClH/c1-2-6-18-7-4-3-5-17-11-14-8-15(12-17)10-16(9-14)13-17;/h14-16,18H,2-13H2,1H3;1H. The first-order valence-corrected chi connectivity index (χ1v) is 8.50. The molecule has 0 saturated heterocycles. The molecule has 0 aliphatic heterocycles. The predicted molar refractivity (Wildman–Crippen MR) is 84.9 cm³/mol. The maximum absolute atomic E-state index is 3.54. The third kappa shape index (κ3) is 3.67. The van der Waals surface area contributed by atoms with Crippen LogP contribution in [0, 0.1) is 23.2 Å². The minimum Gasteiger partial charge on any atom is -0.317 e. The summed E-state index contributed by atoms with van der Waals surface area (Å²) in [6.07, 6.45) is 15.3. The van der Waals surface area contributed by atoms with Gasteiger partial charge in [-0.25, -0.2) is 0 Å². The molecule has 1 N–H and O–H groups in total. The highest BCUT2D eigenvalue weighted by atomic mass is 35.5. The molecule has 4 saturated carbocycles. The van der Waals surface area contributed by atoms with E-state index >= 15 is 0 Å². The number of halogens is 1. The lowest BCUT2D eigenvalue weighted by Crippen LogP contribution is -2.45. The third-order valence-corrected chi connectivity index (χ3v) is 5.90. The zero-order chi connectivity index (χ0) is 12.4. The van der Waals surface area contributed by atoms with Crippen molar-refractivity contribution in [1.82, 2.24) is 5.32 Å². The first-order chi connectivity index (χ1) is 8.80. The molecule has 0 aromatic heterocycles. The van der Waals surface area contributed by atoms with Crippen LogP contribution < -0.4 is 5.32 Å². The van der Waals surface area contributed by atoms with Gasteiger partial charge < -0.3 is 5.32 Å². The van der Waals surface area contributed by atoms with E-state index in [0.29, 0.717) is 0 Å². The lowest BCUT2D eigenvalue weighted by atomic mass is 9.48. The van der Waals surface area contributed by atoms with E-state index < -0.39 is 0 Å². The highest BCUT2D eigenvalue weighted by molar-refractivity contribution is 5.85. The molecule has 2 heteroatoms. The quantitative estimate of drug-likeness (QED) is 0.663. The molecule has 1 nitrogen and oxygen atoms in total. The SMILES string of the molecule is CCCNCCCCC12CC3CC(CC(C3)C1)C2.Cl. The molecule has 112 valence electrons. The summed E-state index contributed by atoms with van der Waals surface area (Å²) in [4.78, 5) is 0. The molecule has 0 amide bonds. The van der Waals surface area contributed by atoms with Crippen molar-refractivity contribution in [2.24, 2.45) is 23.2 Å². The van der Waals surface area contributed by atoms with Crippen LogP contribution in [0.5, 0.6) is 0 Å². The van der Waals surface area contributed by atoms with Crippen molar-refractivity contribution in [1.29, 1.82) is 0 Å². The van der Waals surface area contributed by atoms with E-state index in [1.807, 2.05) is 0 Å². The predicted octanol–water partition coefficient (Wildman–Crippen LogP) is 4.79. The van der Waals surface area contributed by atoms with Gasteiger partial charge in [0, 0.05) is 0 Å². The van der Waals surface area contributed by atoms with E-state index in [0.717, 1.165) is 23.2 Å². The number of unbranched alkanes of at least 4 members (excludes halogenated alkanes) is 1. The fraction of sp³-hybridized carbons (Fsp3) is 1.00. The molecule has 0 spiro atoms. The Labute approximate surface area is 125 Å². The summed E-state index contributed by atoms with van der Waals surface area (Å²) >= 11 is 0. The number of hydrogen-bond donors (Lipinski definition) is 1. The smallest absolute Gasteiger partial charge is 0.00489 e. The van der Waals surface area contributed by atoms with Crippen molar-refractivity contribution in [3.05, 3.63) is 0 Å². The van der Waals surface area contributed by atoms with Gasteiger partial charge in [-0.05, 0) is 94.0 Å². The molecule has 0 radical (unpaired) electrons. The van der Waals surface area contributed by atoms with Crippen molar-refractivity contribution >= 4 is 12.4 Å². The molecule has 4 aliphatic carbocycles. The summed E-state index contributed by atoms with van der Waals surface area (Å²) in [6, 6.07) is 0. The van der Waals surface area contributed by atoms with Gasteiger partial charge in [0.25, 0.3) is 0 Å². The second kappa shape index (κ2) is 6.80. The van der Waals surface area contributed by atoms with Crippen molar-refractivity contribution in [3.63, 3.8) is 0 Å². The summed E-state index contributed by atoms with van der Waals surface area (Å²) in [6.45, 7) is 4.71. The van der Waals surface area contributed by atoms with Gasteiger partial charge in [0.2, 0.25) is 0 Å². The molecular weight excluding hydrogens is 254 g/mol. The van der Waals surface area contributed by atoms with Gasteiger partial charge >= 0.3 is 0 Å². The Hall–Kier alpha value is 0.250. The monoisotopic (exact) mass is 285 g/mol. The number of rotatable bonds is 7. The molecule has 0 atom stereocenters. The minimum atomic E-state index is 0. The normalized spacial score (nSPS) is 39.3. The topological polar surface area (TPSA) is 12.0 Å². The lowest BCUT2D eigenvalue weighted by Gasteiger charge is -2.57. The molecule has 0 aromatic rings. The van der Waals surface area contributed by atoms with Crippen LogP contribution in [0.25, 0.3) is 0 Å². The Morgan fingerprint density at radius 2 is 1.47 bits per heavy atom. The fourth-order valence-electron chi connectivity index (χ4n) is 5.65. The molecular formula is C17H32ClN. The van der Waals surface area contributed by atoms with Crippen LogP contribution in [0.1, 0.15) is 71.1 Å². The lowest BCUT2D eigenvalue weighted by molar-refractivity contribution is -0.0582. The van der Waals surface area contributed by atoms with Crippen molar-refractivity contribution < 1.29 is 0 Å². The molecule has 0 aromatic carbocycles. The van der Waals surface area contributed by atoms with E-state index in [-0.39, 0.29) is 12.4 Å². The van der Waals surface area contributed by atoms with Crippen molar-refractivity contribution in [2.75, 3.05) is 13.1 Å². The molecule has 0 heterocycles. The average molecular weight is 286 g/mol. The summed E-state index contributed by atoms with van der Waals surface area (Å²) < 4.78 is 0. The largest absolute Gasteiger partial charge is 0.317 e. The first kappa shape index (κ1) is 15.6. The first-order valence-electron chi connectivity index (χ1n) is 8.50. The van der Waals surface area contributed by atoms with Gasteiger partial charge in [0.05, 0.1) is 0 Å². The van der Waals surface area contributed by atoms with Gasteiger partial charge in [-0.1, -0.05) is 13.3 Å². The molecule has 0 unspecified atom stereocenters. The number of hydrogen-bond acceptors (Lipinski definition) is 1. The summed E-state index contributed by atoms with van der Waals surface area (Å²) in [7, 11) is 0. The van der Waals surface area contributed by atoms with Crippen molar-refractivity contribution in [3.8, 4) is 0 Å². The third-order valence-electron chi connectivity index (χ3n) is 5.90. The Bertz CT molecular complexity index is 241. The summed E-state index contributed by atoms with van der Waals surface area (Å²) in [5.41, 5.74) is 0.819. The van der Waals surface area contributed by atoms with Gasteiger partial charge in [-0.3, -0.25) is 0 Å². The summed E-state index contributed by atoms with van der Waals surface area (Å²) in [5.74, 6) is 3.40. The molecule has 4 bridgehead atoms. The highest BCUT2D eigenvalue weighted by Gasteiger charge is 2.50. The van der Waals surface area contributed by atoms with E-state index in [2.05, 4.69) is 12.2 Å². The van der Waals surface area contributed by atoms with Gasteiger partial charge in [0.15, 0.2) is 0 Å². The number of nitrogens with one attached hydrogen (secondary N) is 1. The Morgan fingerprint density at radius 3 is 2.00 bits per heavy atom. The molecule has 4 aliphatic rings. The average Bonchev–Trinajstić information content (AvgIpc) is 2.32. The van der Waals surface area contributed by atoms with E-state index in [9.17, 15) is 0 Å². The Morgan fingerprint density at radius 1 is 0.895 bits per heavy atom. The molecule has 4 fully saturated rings. The zero-order valence-corrected chi connectivity index (χ0v) is 13.4. The Balaban J connectivity index is 0.00000133. The van der Waals surface area contributed by atoms with Crippen LogP contribution in [0.2, 0.25) is 0 Å². The van der Waals surface area contributed by atoms with Crippen LogP contribution in [0.15, 0.2) is 0 Å². The van der Waals surface area contributed by atoms with Crippen LogP contribution >= 0.6 is 12.4 Å². The van der Waals surface area contributed by atoms with Gasteiger partial charge in [-0.2, -0.15) is 0 Å². The maximum Gasteiger partial charge on any atom is -0.00489 e. The van der Waals surface area contributed by atoms with Crippen LogP contribution in [0.4, 0.5) is 0 Å². The Kier molecular flexibility index (Phi) is 5.60. The van der Waals surface area contributed by atoms with Gasteiger partial charge in [-0.15, -0.1) is 12.4 Å². The zero-order valence-electron chi connectivity index (χ0n) is 12.6. The van der Waals surface area contributed by atoms with Crippen LogP contribution in [-0.4, -0.2) is 13.1 Å². The fourth-order valence-corrected chi connectivity index (χ4v) is 5.65. The minimum absolute atomic E-state index is 0. The van der Waals surface area contributed by atoms with E-state index in [4.69, 9.17) is 0 Å². The van der Waals surface area contributed by atoms with Crippen LogP contribution in [-0.2, 0) is 0 Å². The highest BCUT2D eigenvalue weighted by Crippen LogP contribution is 2.61. The molecule has 4 rings (SSSR count). The van der Waals surface area contributed by atoms with Crippen LogP contribution in [0.3, 0.4) is 0 Å². The summed E-state index contributed by atoms with van der Waals surface area (Å²) in [5, 5.41) is 3.54. The van der Waals surface area contributed by atoms with E-state index in [1.165, 1.54) is 32.4 Å².